The zero-order chi connectivity index (χ0) is 6.73. The third-order valence-electron chi connectivity index (χ3n) is 1.54. The first-order chi connectivity index (χ1) is 3.55. The van der Waals surface area contributed by atoms with Gasteiger partial charge in [-0.2, -0.15) is 0 Å². The van der Waals surface area contributed by atoms with E-state index in [0.29, 0.717) is 5.92 Å². The highest BCUT2D eigenvalue weighted by atomic mass is 15.1. The molecule has 8 heavy (non-hydrogen) atoms. The van der Waals surface area contributed by atoms with E-state index < -0.39 is 0 Å². The van der Waals surface area contributed by atoms with Gasteiger partial charge in [0.2, 0.25) is 0 Å². The minimum Gasteiger partial charge on any atom is -0.302 e. The van der Waals surface area contributed by atoms with Crippen LogP contribution in [-0.2, 0) is 0 Å². The van der Waals surface area contributed by atoms with Crippen LogP contribution in [0.5, 0.6) is 0 Å². The topological polar surface area (TPSA) is 3.24 Å². The summed E-state index contributed by atoms with van der Waals surface area (Å²) in [6, 6.07) is 1.44. The van der Waals surface area contributed by atoms with Gasteiger partial charge in [0, 0.05) is 6.04 Å². The Bertz CT molecular complexity index is 49.4. The Hall–Kier alpha value is -0.0400. The van der Waals surface area contributed by atoms with Crippen LogP contribution in [-0.4, -0.2) is 19.0 Å². The fraction of sp³-hybridized carbons (Fsp3) is 0.857. The van der Waals surface area contributed by atoms with Crippen molar-refractivity contribution in [3.63, 3.8) is 0 Å². The van der Waals surface area contributed by atoms with Crippen LogP contribution in [0.4, 0.5) is 0 Å². The zero-order valence-corrected chi connectivity index (χ0v) is 6.52. The largest absolute Gasteiger partial charge is 0.302 e. The predicted octanol–water partition coefficient (Wildman–Crippen LogP) is 1.76. The Morgan fingerprint density at radius 3 is 1.62 bits per heavy atom. The summed E-state index contributed by atoms with van der Waals surface area (Å²) in [6.07, 6.45) is 0. The number of rotatable bonds is 2. The van der Waals surface area contributed by atoms with Crippen molar-refractivity contribution in [3.8, 4) is 0 Å². The zero-order valence-electron chi connectivity index (χ0n) is 6.52. The van der Waals surface area contributed by atoms with E-state index in [9.17, 15) is 0 Å². The monoisotopic (exact) mass is 114 g/mol. The van der Waals surface area contributed by atoms with Crippen molar-refractivity contribution < 1.29 is 0 Å². The highest BCUT2D eigenvalue weighted by Crippen LogP contribution is 2.12. The van der Waals surface area contributed by atoms with Crippen molar-refractivity contribution in [1.29, 1.82) is 0 Å². The molecular formula is C7H16N. The van der Waals surface area contributed by atoms with E-state index in [2.05, 4.69) is 39.8 Å². The number of nitrogens with zero attached hydrogens (tertiary/aromatic N) is 1. The van der Waals surface area contributed by atoms with Gasteiger partial charge in [0.1, 0.15) is 0 Å². The maximum Gasteiger partial charge on any atom is 0.0381 e. The Morgan fingerprint density at radius 1 is 1.25 bits per heavy atom. The van der Waals surface area contributed by atoms with Crippen LogP contribution in [0.3, 0.4) is 0 Å². The summed E-state index contributed by atoms with van der Waals surface area (Å²) in [5.74, 6) is 0.685. The van der Waals surface area contributed by atoms with Crippen molar-refractivity contribution in [2.75, 3.05) is 14.1 Å². The summed E-state index contributed by atoms with van der Waals surface area (Å²) >= 11 is 0. The molecule has 0 aliphatic carbocycles. The van der Waals surface area contributed by atoms with Gasteiger partial charge >= 0.3 is 0 Å². The first-order valence-corrected chi connectivity index (χ1v) is 3.06. The van der Waals surface area contributed by atoms with Gasteiger partial charge in [-0.25, -0.2) is 0 Å². The summed E-state index contributed by atoms with van der Waals surface area (Å²) in [4.78, 5) is 2.16. The lowest BCUT2D eigenvalue weighted by Gasteiger charge is -2.21. The maximum atomic E-state index is 2.20. The molecule has 49 valence electrons. The van der Waals surface area contributed by atoms with E-state index in [1.165, 1.54) is 6.04 Å². The van der Waals surface area contributed by atoms with Crippen molar-refractivity contribution in [2.45, 2.75) is 20.8 Å². The van der Waals surface area contributed by atoms with Gasteiger partial charge in [-0.15, -0.1) is 0 Å². The number of hydrogen-bond donors (Lipinski definition) is 0. The highest BCUT2D eigenvalue weighted by Gasteiger charge is 2.08. The number of hydrogen-bond acceptors (Lipinski definition) is 1. The molecule has 0 aromatic rings. The van der Waals surface area contributed by atoms with Crippen molar-refractivity contribution >= 4 is 0 Å². The van der Waals surface area contributed by atoms with Gasteiger partial charge in [0.15, 0.2) is 0 Å². The Kier molecular flexibility index (Phi) is 3.06. The lowest BCUT2D eigenvalue weighted by molar-refractivity contribution is 0.358. The van der Waals surface area contributed by atoms with Gasteiger partial charge in [0.05, 0.1) is 0 Å². The molecule has 0 amide bonds. The van der Waals surface area contributed by atoms with Crippen LogP contribution in [0.25, 0.3) is 0 Å². The molecule has 0 aromatic carbocycles. The maximum absolute atomic E-state index is 2.20. The third kappa shape index (κ3) is 2.31. The third-order valence-corrected chi connectivity index (χ3v) is 1.54. The van der Waals surface area contributed by atoms with Crippen LogP contribution in [0, 0.1) is 12.0 Å². The van der Waals surface area contributed by atoms with Crippen molar-refractivity contribution in [1.82, 2.24) is 4.90 Å². The minimum absolute atomic E-state index is 0.685. The fourth-order valence-corrected chi connectivity index (χ4v) is 0.516. The molecule has 0 bridgehead atoms. The van der Waals surface area contributed by atoms with Crippen LogP contribution >= 0.6 is 0 Å². The SMILES string of the molecule is C[C](C(C)C)N(C)C. The molecule has 0 saturated carbocycles. The summed E-state index contributed by atoms with van der Waals surface area (Å²) in [7, 11) is 4.16. The predicted molar refractivity (Wildman–Crippen MR) is 37.4 cm³/mol. The lowest BCUT2D eigenvalue weighted by Crippen LogP contribution is -2.21. The molecule has 0 unspecified atom stereocenters. The van der Waals surface area contributed by atoms with Crippen LogP contribution in [0.1, 0.15) is 20.8 Å². The lowest BCUT2D eigenvalue weighted by atomic mass is 10.1. The molecular weight excluding hydrogens is 98.1 g/mol. The Labute approximate surface area is 52.7 Å². The molecule has 0 atom stereocenters. The summed E-state index contributed by atoms with van der Waals surface area (Å²) in [5.41, 5.74) is 0. The van der Waals surface area contributed by atoms with Crippen LogP contribution in [0.2, 0.25) is 0 Å². The fourth-order valence-electron chi connectivity index (χ4n) is 0.516. The molecule has 0 rings (SSSR count). The van der Waals surface area contributed by atoms with Crippen LogP contribution in [0.15, 0.2) is 0 Å². The second kappa shape index (κ2) is 3.08. The van der Waals surface area contributed by atoms with Gasteiger partial charge in [-0.05, 0) is 26.9 Å². The first-order valence-electron chi connectivity index (χ1n) is 3.06. The van der Waals surface area contributed by atoms with Gasteiger partial charge in [-0.3, -0.25) is 0 Å². The molecule has 1 heteroatoms. The van der Waals surface area contributed by atoms with E-state index in [1.54, 1.807) is 0 Å². The minimum atomic E-state index is 0.685. The van der Waals surface area contributed by atoms with E-state index in [4.69, 9.17) is 0 Å². The summed E-state index contributed by atoms with van der Waals surface area (Å²) in [5, 5.41) is 0. The van der Waals surface area contributed by atoms with Crippen molar-refractivity contribution in [2.24, 2.45) is 5.92 Å². The molecule has 1 radical (unpaired) electrons. The Morgan fingerprint density at radius 2 is 1.62 bits per heavy atom. The molecule has 0 N–H and O–H groups in total. The second-order valence-corrected chi connectivity index (χ2v) is 2.69. The van der Waals surface area contributed by atoms with E-state index in [1.807, 2.05) is 0 Å². The Balaban J connectivity index is 3.46. The molecule has 0 aromatic heterocycles. The molecule has 0 aliphatic rings. The highest BCUT2D eigenvalue weighted by molar-refractivity contribution is 4.83. The normalized spacial score (nSPS) is 12.0. The van der Waals surface area contributed by atoms with Crippen molar-refractivity contribution in [3.05, 3.63) is 6.04 Å². The van der Waals surface area contributed by atoms with E-state index in [-0.39, 0.29) is 0 Å². The van der Waals surface area contributed by atoms with Gasteiger partial charge in [-0.1, -0.05) is 13.8 Å². The molecule has 0 aliphatic heterocycles. The average molecular weight is 114 g/mol. The smallest absolute Gasteiger partial charge is 0.0381 e. The molecule has 0 saturated heterocycles. The standard InChI is InChI=1S/C7H16N/c1-6(2)7(3)8(4)5/h6H,1-5H3. The van der Waals surface area contributed by atoms with Gasteiger partial charge < -0.3 is 4.90 Å². The molecule has 1 nitrogen and oxygen atoms in total. The van der Waals surface area contributed by atoms with E-state index in [0.717, 1.165) is 0 Å². The summed E-state index contributed by atoms with van der Waals surface area (Å²) < 4.78 is 0. The quantitative estimate of drug-likeness (QED) is 0.528. The van der Waals surface area contributed by atoms with Gasteiger partial charge in [0.25, 0.3) is 0 Å². The molecule has 0 fully saturated rings. The first kappa shape index (κ1) is 7.96. The molecule has 0 spiro atoms. The van der Waals surface area contributed by atoms with Crippen LogP contribution < -0.4 is 0 Å². The summed E-state index contributed by atoms with van der Waals surface area (Å²) in [6.45, 7) is 6.56. The second-order valence-electron chi connectivity index (χ2n) is 2.69. The van der Waals surface area contributed by atoms with E-state index >= 15 is 0 Å². The molecule has 0 heterocycles. The average Bonchev–Trinajstić information content (AvgIpc) is 1.64.